The molecule has 0 unspecified atom stereocenters. The van der Waals surface area contributed by atoms with Crippen molar-refractivity contribution >= 4 is 11.9 Å². The van der Waals surface area contributed by atoms with Crippen molar-refractivity contribution in [3.8, 4) is 0 Å². The second kappa shape index (κ2) is 13.2. The van der Waals surface area contributed by atoms with Gasteiger partial charge in [0.1, 0.15) is 0 Å². The lowest BCUT2D eigenvalue weighted by Gasteiger charge is -2.26. The molecule has 0 radical (unpaired) electrons. The molecule has 0 aromatic heterocycles. The molecule has 6 nitrogen and oxygen atoms in total. The Hall–Kier alpha value is -2.08. The van der Waals surface area contributed by atoms with Crippen molar-refractivity contribution < 1.29 is 9.53 Å². The smallest absolute Gasteiger partial charge is 0.251 e. The second-order valence-electron chi connectivity index (χ2n) is 7.74. The summed E-state index contributed by atoms with van der Waals surface area (Å²) >= 11 is 0. The topological polar surface area (TPSA) is 66.0 Å². The molecule has 1 heterocycles. The van der Waals surface area contributed by atoms with E-state index in [1.165, 1.54) is 19.3 Å². The summed E-state index contributed by atoms with van der Waals surface area (Å²) in [5.74, 6) is 1.68. The number of rotatable bonds is 10. The molecule has 0 atom stereocenters. The molecule has 2 rings (SSSR count). The maximum Gasteiger partial charge on any atom is 0.251 e. The number of carbonyl (C=O) groups excluding carboxylic acids is 1. The summed E-state index contributed by atoms with van der Waals surface area (Å²) in [6.45, 7) is 9.17. The fraction of sp³-hybridized carbons (Fsp3) is 0.652. The van der Waals surface area contributed by atoms with Crippen molar-refractivity contribution in [3.63, 3.8) is 0 Å². The Balaban J connectivity index is 1.86. The van der Waals surface area contributed by atoms with E-state index in [2.05, 4.69) is 36.4 Å². The Bertz CT molecular complexity index is 624. The molecule has 1 aromatic rings. The van der Waals surface area contributed by atoms with Crippen LogP contribution in [0.4, 0.5) is 0 Å². The average molecular weight is 403 g/mol. The molecule has 6 heteroatoms. The molecule has 0 bridgehead atoms. The molecule has 1 amide bonds. The number of hydrogen-bond acceptors (Lipinski definition) is 3. The Kier molecular flexibility index (Phi) is 10.6. The number of guanidine groups is 1. The van der Waals surface area contributed by atoms with Crippen molar-refractivity contribution in [1.29, 1.82) is 0 Å². The maximum atomic E-state index is 12.1. The van der Waals surface area contributed by atoms with Gasteiger partial charge in [-0.15, -0.1) is 0 Å². The SMILES string of the molecule is CCCCNC(=O)c1ccc(CN=C(NCC)N(C)CCC2CCOCC2)cc1. The molecule has 1 fully saturated rings. The molecular formula is C23H38N4O2. The van der Waals surface area contributed by atoms with E-state index in [4.69, 9.17) is 9.73 Å². The van der Waals surface area contributed by atoms with Crippen LogP contribution < -0.4 is 10.6 Å². The van der Waals surface area contributed by atoms with Gasteiger partial charge in [-0.3, -0.25) is 4.79 Å². The van der Waals surface area contributed by atoms with Crippen LogP contribution in [0.2, 0.25) is 0 Å². The zero-order chi connectivity index (χ0) is 20.9. The van der Waals surface area contributed by atoms with Crippen molar-refractivity contribution in [1.82, 2.24) is 15.5 Å². The summed E-state index contributed by atoms with van der Waals surface area (Å²) in [6.07, 6.45) is 5.59. The number of ether oxygens (including phenoxy) is 1. The molecule has 0 spiro atoms. The maximum absolute atomic E-state index is 12.1. The average Bonchev–Trinajstić information content (AvgIpc) is 2.76. The van der Waals surface area contributed by atoms with Crippen LogP contribution in [0.25, 0.3) is 0 Å². The number of unbranched alkanes of at least 4 members (excludes halogenated alkanes) is 1. The first-order chi connectivity index (χ1) is 14.1. The number of nitrogens with one attached hydrogen (secondary N) is 2. The van der Waals surface area contributed by atoms with E-state index in [-0.39, 0.29) is 5.91 Å². The minimum Gasteiger partial charge on any atom is -0.381 e. The summed E-state index contributed by atoms with van der Waals surface area (Å²) in [5, 5.41) is 6.34. The third-order valence-corrected chi connectivity index (χ3v) is 5.35. The number of aliphatic imine (C=N–C) groups is 1. The van der Waals surface area contributed by atoms with Gasteiger partial charge < -0.3 is 20.3 Å². The van der Waals surface area contributed by atoms with Crippen molar-refractivity contribution in [3.05, 3.63) is 35.4 Å². The molecule has 1 saturated heterocycles. The van der Waals surface area contributed by atoms with Gasteiger partial charge in [0.15, 0.2) is 5.96 Å². The quantitative estimate of drug-likeness (QED) is 0.357. The highest BCUT2D eigenvalue weighted by molar-refractivity contribution is 5.94. The standard InChI is InChI=1S/C23H38N4O2/c1-4-6-14-25-22(28)21-9-7-20(8-10-21)18-26-23(24-5-2)27(3)15-11-19-12-16-29-17-13-19/h7-10,19H,4-6,11-18H2,1-3H3,(H,24,26)(H,25,28). The molecule has 162 valence electrons. The van der Waals surface area contributed by atoms with Gasteiger partial charge in [0, 0.05) is 45.5 Å². The van der Waals surface area contributed by atoms with E-state index < -0.39 is 0 Å². The number of benzene rings is 1. The summed E-state index contributed by atoms with van der Waals surface area (Å²) in [4.78, 5) is 19.1. The van der Waals surface area contributed by atoms with E-state index in [1.807, 2.05) is 24.3 Å². The predicted molar refractivity (Wildman–Crippen MR) is 119 cm³/mol. The van der Waals surface area contributed by atoms with Crippen LogP contribution in [0.15, 0.2) is 29.3 Å². The number of nitrogens with zero attached hydrogens (tertiary/aromatic N) is 2. The molecule has 1 aliphatic heterocycles. The van der Waals surface area contributed by atoms with Crippen LogP contribution in [0.5, 0.6) is 0 Å². The van der Waals surface area contributed by atoms with E-state index in [1.54, 1.807) is 0 Å². The Morgan fingerprint density at radius 3 is 2.55 bits per heavy atom. The van der Waals surface area contributed by atoms with Gasteiger partial charge in [0.2, 0.25) is 0 Å². The van der Waals surface area contributed by atoms with Gasteiger partial charge in [-0.25, -0.2) is 4.99 Å². The lowest BCUT2D eigenvalue weighted by atomic mass is 9.96. The molecule has 2 N–H and O–H groups in total. The first kappa shape index (κ1) is 23.2. The van der Waals surface area contributed by atoms with Gasteiger partial charge in [0.05, 0.1) is 6.54 Å². The van der Waals surface area contributed by atoms with Crippen LogP contribution in [-0.4, -0.2) is 56.7 Å². The normalized spacial score (nSPS) is 15.2. The first-order valence-electron chi connectivity index (χ1n) is 11.1. The van der Waals surface area contributed by atoms with Gasteiger partial charge in [-0.2, -0.15) is 0 Å². The van der Waals surface area contributed by atoms with Crippen LogP contribution in [-0.2, 0) is 11.3 Å². The zero-order valence-corrected chi connectivity index (χ0v) is 18.4. The fourth-order valence-corrected chi connectivity index (χ4v) is 3.40. The van der Waals surface area contributed by atoms with E-state index in [9.17, 15) is 4.79 Å². The Morgan fingerprint density at radius 1 is 1.17 bits per heavy atom. The lowest BCUT2D eigenvalue weighted by Crippen LogP contribution is -2.40. The third-order valence-electron chi connectivity index (χ3n) is 5.35. The molecule has 1 aromatic carbocycles. The highest BCUT2D eigenvalue weighted by Crippen LogP contribution is 2.18. The molecular weight excluding hydrogens is 364 g/mol. The van der Waals surface area contributed by atoms with Crippen LogP contribution >= 0.6 is 0 Å². The van der Waals surface area contributed by atoms with Gasteiger partial charge in [0.25, 0.3) is 5.91 Å². The molecule has 0 aliphatic carbocycles. The van der Waals surface area contributed by atoms with Crippen LogP contribution in [0.3, 0.4) is 0 Å². The third kappa shape index (κ3) is 8.44. The van der Waals surface area contributed by atoms with Gasteiger partial charge >= 0.3 is 0 Å². The van der Waals surface area contributed by atoms with Crippen LogP contribution in [0.1, 0.15) is 61.9 Å². The summed E-state index contributed by atoms with van der Waals surface area (Å²) in [6, 6.07) is 7.75. The largest absolute Gasteiger partial charge is 0.381 e. The molecule has 1 aliphatic rings. The number of amides is 1. The van der Waals surface area contributed by atoms with Gasteiger partial charge in [-0.1, -0.05) is 25.5 Å². The lowest BCUT2D eigenvalue weighted by molar-refractivity contribution is 0.0625. The van der Waals surface area contributed by atoms with Crippen molar-refractivity contribution in [2.24, 2.45) is 10.9 Å². The second-order valence-corrected chi connectivity index (χ2v) is 7.74. The minimum absolute atomic E-state index is 0.00492. The van der Waals surface area contributed by atoms with E-state index in [0.717, 1.165) is 63.1 Å². The highest BCUT2D eigenvalue weighted by atomic mass is 16.5. The summed E-state index contributed by atoms with van der Waals surface area (Å²) in [5.41, 5.74) is 1.80. The van der Waals surface area contributed by atoms with E-state index in [0.29, 0.717) is 12.1 Å². The highest BCUT2D eigenvalue weighted by Gasteiger charge is 2.15. The number of hydrogen-bond donors (Lipinski definition) is 2. The van der Waals surface area contributed by atoms with E-state index >= 15 is 0 Å². The Morgan fingerprint density at radius 2 is 1.90 bits per heavy atom. The molecule has 0 saturated carbocycles. The summed E-state index contributed by atoms with van der Waals surface area (Å²) < 4.78 is 5.45. The van der Waals surface area contributed by atoms with Crippen LogP contribution in [0, 0.1) is 5.92 Å². The summed E-state index contributed by atoms with van der Waals surface area (Å²) in [7, 11) is 2.10. The van der Waals surface area contributed by atoms with Crippen molar-refractivity contribution in [2.75, 3.05) is 39.9 Å². The monoisotopic (exact) mass is 402 g/mol. The Labute approximate surface area is 176 Å². The minimum atomic E-state index is -0.00492. The zero-order valence-electron chi connectivity index (χ0n) is 18.4. The number of carbonyl (C=O) groups is 1. The molecule has 29 heavy (non-hydrogen) atoms. The predicted octanol–water partition coefficient (Wildman–Crippen LogP) is 3.43. The fourth-order valence-electron chi connectivity index (χ4n) is 3.40. The van der Waals surface area contributed by atoms with Gasteiger partial charge in [-0.05, 0) is 56.2 Å². The first-order valence-corrected chi connectivity index (χ1v) is 11.1. The van der Waals surface area contributed by atoms with Crippen molar-refractivity contribution in [2.45, 2.75) is 52.5 Å².